The molecule has 0 bridgehead atoms. The van der Waals surface area contributed by atoms with Crippen LogP contribution in [0, 0.1) is 0 Å². The van der Waals surface area contributed by atoms with Crippen molar-refractivity contribution in [3.05, 3.63) is 20.3 Å². The van der Waals surface area contributed by atoms with Crippen LogP contribution in [-0.4, -0.2) is 28.7 Å². The second-order valence-electron chi connectivity index (χ2n) is 3.66. The van der Waals surface area contributed by atoms with Gasteiger partial charge in [0.15, 0.2) is 0 Å². The molecule has 16 heavy (non-hydrogen) atoms. The zero-order chi connectivity index (χ0) is 11.7. The van der Waals surface area contributed by atoms with Crippen LogP contribution in [0.5, 0.6) is 0 Å². The molecule has 1 aliphatic carbocycles. The highest BCUT2D eigenvalue weighted by Gasteiger charge is 2.33. The number of carbonyl (C=O) groups is 1. The summed E-state index contributed by atoms with van der Waals surface area (Å²) in [6, 6.07) is 2.04. The normalized spacial score (nSPS) is 15.2. The molecule has 88 valence electrons. The molecule has 0 spiro atoms. The smallest absolute Gasteiger partial charge is 0.256 e. The summed E-state index contributed by atoms with van der Waals surface area (Å²) in [6.07, 6.45) is 2.18. The number of nitrogens with zero attached hydrogens (tertiary/aromatic N) is 1. The van der Waals surface area contributed by atoms with E-state index in [2.05, 4.69) is 15.9 Å². The lowest BCUT2D eigenvalue weighted by atomic mass is 10.3. The van der Waals surface area contributed by atoms with Crippen molar-refractivity contribution in [2.75, 3.05) is 11.9 Å². The average molecular weight is 343 g/mol. The molecular weight excluding hydrogens is 333 g/mol. The van der Waals surface area contributed by atoms with Crippen molar-refractivity contribution in [2.45, 2.75) is 18.9 Å². The van der Waals surface area contributed by atoms with Gasteiger partial charge < -0.3 is 4.90 Å². The minimum atomic E-state index is -0.00454. The molecule has 0 N–H and O–H groups in total. The van der Waals surface area contributed by atoms with Crippen molar-refractivity contribution < 1.29 is 4.79 Å². The number of thiophene rings is 1. The first-order valence-corrected chi connectivity index (χ1v) is 7.64. The Bertz CT molecular complexity index is 406. The fourth-order valence-corrected chi connectivity index (χ4v) is 3.40. The first-order chi connectivity index (χ1) is 7.63. The minimum Gasteiger partial charge on any atom is -0.335 e. The molecule has 1 heterocycles. The monoisotopic (exact) mass is 341 g/mol. The van der Waals surface area contributed by atoms with Gasteiger partial charge in [-0.2, -0.15) is 0 Å². The molecule has 2 rings (SSSR count). The fourth-order valence-electron chi connectivity index (χ4n) is 1.57. The van der Waals surface area contributed by atoms with Crippen molar-refractivity contribution in [2.24, 2.45) is 0 Å². The predicted molar refractivity (Wildman–Crippen MR) is 72.2 cm³/mol. The molecule has 0 unspecified atom stereocenters. The van der Waals surface area contributed by atoms with Crippen LogP contribution in [-0.2, 0) is 0 Å². The fraction of sp³-hybridized carbons (Fsp3) is 0.500. The molecule has 0 atom stereocenters. The Hall–Kier alpha value is 0.230. The number of halogens is 3. The van der Waals surface area contributed by atoms with Crippen LogP contribution in [0.2, 0.25) is 8.67 Å². The van der Waals surface area contributed by atoms with Crippen LogP contribution in [0.15, 0.2) is 6.07 Å². The van der Waals surface area contributed by atoms with E-state index < -0.39 is 0 Å². The maximum atomic E-state index is 12.2. The maximum absolute atomic E-state index is 12.2. The Morgan fingerprint density at radius 1 is 1.56 bits per heavy atom. The number of alkyl halides is 1. The molecule has 1 amide bonds. The summed E-state index contributed by atoms with van der Waals surface area (Å²) >= 11 is 16.4. The van der Waals surface area contributed by atoms with Gasteiger partial charge in [0.2, 0.25) is 0 Å². The highest BCUT2D eigenvalue weighted by atomic mass is 79.9. The Morgan fingerprint density at radius 3 is 2.69 bits per heavy atom. The quantitative estimate of drug-likeness (QED) is 0.756. The minimum absolute atomic E-state index is 0.00454. The van der Waals surface area contributed by atoms with Crippen molar-refractivity contribution in [3.8, 4) is 0 Å². The molecule has 1 aromatic rings. The molecule has 1 saturated carbocycles. The van der Waals surface area contributed by atoms with Gasteiger partial charge in [0.1, 0.15) is 4.34 Å². The molecule has 6 heteroatoms. The summed E-state index contributed by atoms with van der Waals surface area (Å²) in [5.74, 6) is -0.00454. The van der Waals surface area contributed by atoms with Crippen LogP contribution >= 0.6 is 50.5 Å². The highest BCUT2D eigenvalue weighted by Crippen LogP contribution is 2.34. The Morgan fingerprint density at radius 2 is 2.25 bits per heavy atom. The number of carbonyl (C=O) groups excluding carboxylic acids is 1. The number of hydrogen-bond acceptors (Lipinski definition) is 2. The van der Waals surface area contributed by atoms with E-state index in [-0.39, 0.29) is 5.91 Å². The van der Waals surface area contributed by atoms with Gasteiger partial charge in [-0.1, -0.05) is 39.1 Å². The highest BCUT2D eigenvalue weighted by molar-refractivity contribution is 9.09. The topological polar surface area (TPSA) is 20.3 Å². The third-order valence-corrected chi connectivity index (χ3v) is 4.30. The van der Waals surface area contributed by atoms with Crippen LogP contribution in [0.4, 0.5) is 0 Å². The number of hydrogen-bond donors (Lipinski definition) is 0. The SMILES string of the molecule is O=C(c1cc(Cl)sc1Cl)N(CCBr)C1CC1. The van der Waals surface area contributed by atoms with E-state index in [1.807, 2.05) is 4.90 Å². The second-order valence-corrected chi connectivity index (χ2v) is 6.74. The van der Waals surface area contributed by atoms with Crippen molar-refractivity contribution in [1.29, 1.82) is 0 Å². The summed E-state index contributed by atoms with van der Waals surface area (Å²) in [7, 11) is 0. The summed E-state index contributed by atoms with van der Waals surface area (Å²) < 4.78 is 1.04. The van der Waals surface area contributed by atoms with Gasteiger partial charge in [0.25, 0.3) is 5.91 Å². The summed E-state index contributed by atoms with van der Waals surface area (Å²) in [5.41, 5.74) is 0.532. The molecule has 2 nitrogen and oxygen atoms in total. The third kappa shape index (κ3) is 2.73. The molecule has 0 saturated heterocycles. The van der Waals surface area contributed by atoms with Gasteiger partial charge in [0, 0.05) is 17.9 Å². The second kappa shape index (κ2) is 5.25. The van der Waals surface area contributed by atoms with Gasteiger partial charge in [-0.05, 0) is 18.9 Å². The van der Waals surface area contributed by atoms with E-state index >= 15 is 0 Å². The molecule has 0 radical (unpaired) electrons. The van der Waals surface area contributed by atoms with Crippen molar-refractivity contribution in [1.82, 2.24) is 4.90 Å². The van der Waals surface area contributed by atoms with E-state index in [1.165, 1.54) is 11.3 Å². The van der Waals surface area contributed by atoms with Crippen LogP contribution < -0.4 is 0 Å². The zero-order valence-electron chi connectivity index (χ0n) is 8.38. The molecule has 0 aliphatic heterocycles. The Balaban J connectivity index is 2.18. The lowest BCUT2D eigenvalue weighted by molar-refractivity contribution is 0.0755. The average Bonchev–Trinajstić information content (AvgIpc) is 3.00. The van der Waals surface area contributed by atoms with Gasteiger partial charge in [-0.3, -0.25) is 4.79 Å². The van der Waals surface area contributed by atoms with Crippen LogP contribution in [0.1, 0.15) is 23.2 Å². The van der Waals surface area contributed by atoms with Gasteiger partial charge in [0.05, 0.1) is 9.90 Å². The van der Waals surface area contributed by atoms with Crippen molar-refractivity contribution >= 4 is 56.4 Å². The lowest BCUT2D eigenvalue weighted by Crippen LogP contribution is -2.34. The number of rotatable bonds is 4. The van der Waals surface area contributed by atoms with E-state index in [1.54, 1.807) is 6.07 Å². The molecule has 1 aromatic heterocycles. The van der Waals surface area contributed by atoms with E-state index in [9.17, 15) is 4.79 Å². The van der Waals surface area contributed by atoms with Crippen LogP contribution in [0.25, 0.3) is 0 Å². The first-order valence-electron chi connectivity index (χ1n) is 4.95. The summed E-state index contributed by atoms with van der Waals surface area (Å²) in [4.78, 5) is 14.1. The molecule has 1 fully saturated rings. The molecular formula is C10H10BrCl2NOS. The van der Waals surface area contributed by atoms with Gasteiger partial charge in [-0.15, -0.1) is 11.3 Å². The largest absolute Gasteiger partial charge is 0.335 e. The molecule has 1 aliphatic rings. The van der Waals surface area contributed by atoms with Gasteiger partial charge in [-0.25, -0.2) is 0 Å². The Labute approximate surface area is 117 Å². The van der Waals surface area contributed by atoms with Crippen molar-refractivity contribution in [3.63, 3.8) is 0 Å². The van der Waals surface area contributed by atoms with E-state index in [0.717, 1.165) is 18.2 Å². The molecule has 0 aromatic carbocycles. The third-order valence-electron chi connectivity index (χ3n) is 2.46. The summed E-state index contributed by atoms with van der Waals surface area (Å²) in [5, 5.41) is 0.782. The van der Waals surface area contributed by atoms with E-state index in [4.69, 9.17) is 23.2 Å². The standard InChI is InChI=1S/C10H10BrCl2NOS/c11-3-4-14(6-1-2-6)10(15)7-5-8(12)16-9(7)13/h5-6H,1-4H2. The predicted octanol–water partition coefficient (Wildman–Crippen LogP) is 4.05. The van der Waals surface area contributed by atoms with E-state index in [0.29, 0.717) is 26.8 Å². The first kappa shape index (κ1) is 12.7. The number of amides is 1. The van der Waals surface area contributed by atoms with Crippen LogP contribution in [0.3, 0.4) is 0 Å². The zero-order valence-corrected chi connectivity index (χ0v) is 12.3. The Kier molecular flexibility index (Phi) is 4.16. The maximum Gasteiger partial charge on any atom is 0.256 e. The lowest BCUT2D eigenvalue weighted by Gasteiger charge is -2.20. The summed E-state index contributed by atoms with van der Waals surface area (Å²) in [6.45, 7) is 0.716. The van der Waals surface area contributed by atoms with Gasteiger partial charge >= 0.3 is 0 Å².